The molecule has 0 amide bonds. The molecule has 0 aliphatic heterocycles. The molecule has 0 aliphatic carbocycles. The lowest BCUT2D eigenvalue weighted by Crippen LogP contribution is -2.11. The zero-order valence-corrected chi connectivity index (χ0v) is 9.65. The Labute approximate surface area is 97.1 Å². The maximum absolute atomic E-state index is 5.86. The second-order valence-electron chi connectivity index (χ2n) is 4.01. The van der Waals surface area contributed by atoms with Crippen LogP contribution in [0.3, 0.4) is 0 Å². The van der Waals surface area contributed by atoms with Crippen LogP contribution in [-0.2, 0) is 0 Å². The van der Waals surface area contributed by atoms with Gasteiger partial charge in [-0.05, 0) is 24.8 Å². The van der Waals surface area contributed by atoms with Crippen molar-refractivity contribution >= 4 is 10.8 Å². The molecule has 1 heteroatoms. The van der Waals surface area contributed by atoms with E-state index in [-0.39, 0.29) is 6.10 Å². The van der Waals surface area contributed by atoms with E-state index < -0.39 is 0 Å². The van der Waals surface area contributed by atoms with Gasteiger partial charge in [0.1, 0.15) is 5.75 Å². The Morgan fingerprint density at radius 1 is 1.12 bits per heavy atom. The number of rotatable bonds is 4. The fourth-order valence-electron chi connectivity index (χ4n) is 1.86. The molecule has 83 valence electrons. The highest BCUT2D eigenvalue weighted by Crippen LogP contribution is 2.26. The van der Waals surface area contributed by atoms with Crippen LogP contribution in [0.4, 0.5) is 0 Å². The Bertz CT molecular complexity index is 456. The summed E-state index contributed by atoms with van der Waals surface area (Å²) in [7, 11) is 0. The van der Waals surface area contributed by atoms with E-state index in [0.29, 0.717) is 0 Å². The zero-order chi connectivity index (χ0) is 11.4. The molecule has 2 rings (SSSR count). The largest absolute Gasteiger partial charge is 0.490 e. The van der Waals surface area contributed by atoms with E-state index in [9.17, 15) is 0 Å². The molecule has 0 bridgehead atoms. The molecular formula is C15H17O. The smallest absolute Gasteiger partial charge is 0.127 e. The molecule has 1 atom stereocenters. The van der Waals surface area contributed by atoms with E-state index in [1.54, 1.807) is 0 Å². The highest BCUT2D eigenvalue weighted by molar-refractivity contribution is 5.88. The Morgan fingerprint density at radius 2 is 1.88 bits per heavy atom. The van der Waals surface area contributed by atoms with Gasteiger partial charge in [0.2, 0.25) is 0 Å². The van der Waals surface area contributed by atoms with Gasteiger partial charge in [0.05, 0.1) is 6.10 Å². The summed E-state index contributed by atoms with van der Waals surface area (Å²) in [6.07, 6.45) is 2.12. The van der Waals surface area contributed by atoms with Gasteiger partial charge in [-0.2, -0.15) is 0 Å². The minimum absolute atomic E-state index is 0.0378. The zero-order valence-electron chi connectivity index (χ0n) is 9.65. The van der Waals surface area contributed by atoms with Crippen LogP contribution in [0.25, 0.3) is 10.8 Å². The van der Waals surface area contributed by atoms with Crippen molar-refractivity contribution in [3.05, 3.63) is 49.4 Å². The number of fused-ring (bicyclic) bond motifs is 1. The van der Waals surface area contributed by atoms with E-state index in [1.165, 1.54) is 5.39 Å². The molecule has 16 heavy (non-hydrogen) atoms. The number of ether oxygens (including phenoxy) is 1. The van der Waals surface area contributed by atoms with Gasteiger partial charge in [0.25, 0.3) is 0 Å². The van der Waals surface area contributed by atoms with Crippen molar-refractivity contribution in [3.8, 4) is 5.75 Å². The molecule has 1 unspecified atom stereocenters. The van der Waals surface area contributed by atoms with Gasteiger partial charge in [-0.25, -0.2) is 0 Å². The third-order valence-corrected chi connectivity index (χ3v) is 2.65. The predicted molar refractivity (Wildman–Crippen MR) is 68.6 cm³/mol. The lowest BCUT2D eigenvalue weighted by atomic mass is 10.1. The van der Waals surface area contributed by atoms with Gasteiger partial charge in [-0.1, -0.05) is 49.7 Å². The van der Waals surface area contributed by atoms with Gasteiger partial charge < -0.3 is 4.74 Å². The Hall–Kier alpha value is -1.50. The van der Waals surface area contributed by atoms with Crippen molar-refractivity contribution in [1.29, 1.82) is 0 Å². The van der Waals surface area contributed by atoms with Gasteiger partial charge in [0, 0.05) is 5.39 Å². The maximum atomic E-state index is 5.86. The van der Waals surface area contributed by atoms with Crippen LogP contribution in [0.15, 0.2) is 42.5 Å². The van der Waals surface area contributed by atoms with Crippen LogP contribution < -0.4 is 4.74 Å². The molecule has 0 saturated heterocycles. The summed E-state index contributed by atoms with van der Waals surface area (Å²) in [5.41, 5.74) is 0. The average molecular weight is 213 g/mol. The lowest BCUT2D eigenvalue weighted by molar-refractivity contribution is 0.238. The van der Waals surface area contributed by atoms with Crippen molar-refractivity contribution in [2.24, 2.45) is 0 Å². The van der Waals surface area contributed by atoms with Crippen LogP contribution in [-0.4, -0.2) is 6.10 Å². The lowest BCUT2D eigenvalue weighted by Gasteiger charge is -2.15. The van der Waals surface area contributed by atoms with Gasteiger partial charge >= 0.3 is 0 Å². The van der Waals surface area contributed by atoms with Crippen molar-refractivity contribution in [2.75, 3.05) is 0 Å². The molecule has 2 aromatic rings. The predicted octanol–water partition coefficient (Wildman–Crippen LogP) is 4.22. The van der Waals surface area contributed by atoms with Crippen LogP contribution in [0.5, 0.6) is 5.75 Å². The molecule has 0 heterocycles. The number of hydrogen-bond acceptors (Lipinski definition) is 1. The van der Waals surface area contributed by atoms with Gasteiger partial charge in [0.15, 0.2) is 0 Å². The molecule has 1 radical (unpaired) electrons. The Kier molecular flexibility index (Phi) is 3.45. The Morgan fingerprint density at radius 3 is 2.69 bits per heavy atom. The second-order valence-corrected chi connectivity index (χ2v) is 4.01. The maximum Gasteiger partial charge on any atom is 0.127 e. The van der Waals surface area contributed by atoms with E-state index >= 15 is 0 Å². The van der Waals surface area contributed by atoms with Crippen LogP contribution >= 0.6 is 0 Å². The first kappa shape index (κ1) is 11.0. The molecule has 0 spiro atoms. The molecular weight excluding hydrogens is 196 g/mol. The Balaban J connectivity index is 2.30. The first-order valence-corrected chi connectivity index (χ1v) is 5.78. The van der Waals surface area contributed by atoms with Gasteiger partial charge in [-0.15, -0.1) is 0 Å². The summed E-state index contributed by atoms with van der Waals surface area (Å²) >= 11 is 0. The van der Waals surface area contributed by atoms with E-state index in [1.807, 2.05) is 24.3 Å². The third-order valence-electron chi connectivity index (χ3n) is 2.65. The monoisotopic (exact) mass is 213 g/mol. The molecule has 1 nitrogen and oxygen atoms in total. The summed E-state index contributed by atoms with van der Waals surface area (Å²) in [5.74, 6) is 0.937. The van der Waals surface area contributed by atoms with Crippen molar-refractivity contribution in [1.82, 2.24) is 0 Å². The van der Waals surface area contributed by atoms with E-state index in [0.717, 1.165) is 24.0 Å². The molecule has 0 aromatic heterocycles. The molecule has 0 fully saturated rings. The van der Waals surface area contributed by atoms with Crippen LogP contribution in [0.2, 0.25) is 0 Å². The standard InChI is InChI=1S/C15H17O/c1-3-7-12(2)16-15-11-6-9-13-8-4-5-10-14(13)15/h4-6,8-12H,2-3,7H2,1H3. The highest BCUT2D eigenvalue weighted by Gasteiger charge is 2.05. The first-order valence-electron chi connectivity index (χ1n) is 5.78. The summed E-state index contributed by atoms with van der Waals surface area (Å²) < 4.78 is 5.86. The van der Waals surface area contributed by atoms with Crippen LogP contribution in [0.1, 0.15) is 19.8 Å². The second kappa shape index (κ2) is 5.02. The minimum atomic E-state index is 0.0378. The van der Waals surface area contributed by atoms with Crippen LogP contribution in [0, 0.1) is 6.92 Å². The summed E-state index contributed by atoms with van der Waals surface area (Å²) in [6, 6.07) is 14.4. The molecule has 2 aromatic carbocycles. The highest BCUT2D eigenvalue weighted by atomic mass is 16.5. The van der Waals surface area contributed by atoms with Crippen molar-refractivity contribution in [2.45, 2.75) is 25.9 Å². The summed E-state index contributed by atoms with van der Waals surface area (Å²) in [6.45, 7) is 6.15. The number of benzene rings is 2. The third kappa shape index (κ3) is 2.35. The molecule has 0 N–H and O–H groups in total. The fourth-order valence-corrected chi connectivity index (χ4v) is 1.86. The van der Waals surface area contributed by atoms with Gasteiger partial charge in [-0.3, -0.25) is 0 Å². The van der Waals surface area contributed by atoms with E-state index in [4.69, 9.17) is 4.74 Å². The normalized spacial score (nSPS) is 12.6. The molecule has 0 saturated carbocycles. The fraction of sp³-hybridized carbons (Fsp3) is 0.267. The van der Waals surface area contributed by atoms with Crippen molar-refractivity contribution < 1.29 is 4.74 Å². The quantitative estimate of drug-likeness (QED) is 0.738. The first-order chi connectivity index (χ1) is 7.81. The molecule has 0 aliphatic rings. The average Bonchev–Trinajstić information content (AvgIpc) is 2.30. The number of hydrogen-bond donors (Lipinski definition) is 0. The van der Waals surface area contributed by atoms with Crippen molar-refractivity contribution in [3.63, 3.8) is 0 Å². The topological polar surface area (TPSA) is 9.23 Å². The summed E-state index contributed by atoms with van der Waals surface area (Å²) in [4.78, 5) is 0. The van der Waals surface area contributed by atoms with E-state index in [2.05, 4.69) is 32.0 Å². The minimum Gasteiger partial charge on any atom is -0.490 e. The SMILES string of the molecule is [CH2]C(CCC)Oc1cccc2ccccc12. The summed E-state index contributed by atoms with van der Waals surface area (Å²) in [5, 5.41) is 2.37.